The van der Waals surface area contributed by atoms with Crippen molar-refractivity contribution in [2.24, 2.45) is 4.99 Å². The van der Waals surface area contributed by atoms with Crippen LogP contribution in [-0.2, 0) is 0 Å². The van der Waals surface area contributed by atoms with Gasteiger partial charge in [-0.1, -0.05) is 25.8 Å². The monoisotopic (exact) mass is 162 g/mol. The summed E-state index contributed by atoms with van der Waals surface area (Å²) >= 11 is 0. The van der Waals surface area contributed by atoms with Gasteiger partial charge in [0.1, 0.15) is 0 Å². The Labute approximate surface area is 73.7 Å². The molecule has 0 aromatic carbocycles. The number of nitrogens with one attached hydrogen (secondary N) is 1. The molecule has 0 aromatic heterocycles. The summed E-state index contributed by atoms with van der Waals surface area (Å²) in [7, 11) is 0. The second-order valence-electron chi connectivity index (χ2n) is 2.06. The molecule has 0 rings (SSSR count). The molecule has 0 saturated carbocycles. The van der Waals surface area contributed by atoms with E-state index in [-0.39, 0.29) is 0 Å². The molecule has 0 radical (unpaired) electrons. The molecule has 0 spiro atoms. The highest BCUT2D eigenvalue weighted by Crippen LogP contribution is 1.94. The first kappa shape index (κ1) is 10.4. The molecule has 12 heavy (non-hydrogen) atoms. The molecule has 1 N–H and O–H groups in total. The van der Waals surface area contributed by atoms with Crippen LogP contribution in [0.5, 0.6) is 0 Å². The van der Waals surface area contributed by atoms with Crippen molar-refractivity contribution in [2.75, 3.05) is 0 Å². The van der Waals surface area contributed by atoms with Gasteiger partial charge in [-0.2, -0.15) is 0 Å². The van der Waals surface area contributed by atoms with E-state index in [2.05, 4.69) is 30.0 Å². The minimum Gasteiger partial charge on any atom is -0.361 e. The van der Waals surface area contributed by atoms with E-state index in [1.807, 2.05) is 13.0 Å². The molecule has 0 amide bonds. The maximum atomic E-state index is 4.02. The fraction of sp³-hybridized carbons (Fsp3) is 0.100. The van der Waals surface area contributed by atoms with Crippen LogP contribution in [0.4, 0.5) is 0 Å². The molecular formula is C10H14N2. The lowest BCUT2D eigenvalue weighted by Gasteiger charge is -2.03. The summed E-state index contributed by atoms with van der Waals surface area (Å²) in [5.74, 6) is 0. The van der Waals surface area contributed by atoms with E-state index in [0.717, 1.165) is 11.4 Å². The van der Waals surface area contributed by atoms with Gasteiger partial charge in [-0.05, 0) is 19.2 Å². The van der Waals surface area contributed by atoms with Gasteiger partial charge in [0, 0.05) is 6.20 Å². The van der Waals surface area contributed by atoms with Crippen molar-refractivity contribution in [3.63, 3.8) is 0 Å². The molecule has 64 valence electrons. The summed E-state index contributed by atoms with van der Waals surface area (Å²) in [5, 5.41) is 2.94. The SMILES string of the molecule is C=C/C=C(/NC=C)C(C)=NC=C. The Morgan fingerprint density at radius 3 is 2.42 bits per heavy atom. The van der Waals surface area contributed by atoms with E-state index >= 15 is 0 Å². The van der Waals surface area contributed by atoms with Crippen LogP contribution >= 0.6 is 0 Å². The zero-order valence-corrected chi connectivity index (χ0v) is 7.38. The Kier molecular flexibility index (Phi) is 5.35. The lowest BCUT2D eigenvalue weighted by molar-refractivity contribution is 1.13. The quantitative estimate of drug-likeness (QED) is 0.487. The topological polar surface area (TPSA) is 24.4 Å². The van der Waals surface area contributed by atoms with Crippen molar-refractivity contribution < 1.29 is 0 Å². The molecular weight excluding hydrogens is 148 g/mol. The van der Waals surface area contributed by atoms with Gasteiger partial charge in [-0.25, -0.2) is 0 Å². The second-order valence-corrected chi connectivity index (χ2v) is 2.06. The van der Waals surface area contributed by atoms with Crippen molar-refractivity contribution in [1.82, 2.24) is 5.32 Å². The molecule has 0 saturated heterocycles. The molecule has 0 aliphatic rings. The summed E-state index contributed by atoms with van der Waals surface area (Å²) in [4.78, 5) is 4.02. The van der Waals surface area contributed by atoms with Crippen molar-refractivity contribution in [3.05, 3.63) is 50.0 Å². The van der Waals surface area contributed by atoms with Crippen LogP contribution in [0.2, 0.25) is 0 Å². The molecule has 0 atom stereocenters. The van der Waals surface area contributed by atoms with Gasteiger partial charge in [0.2, 0.25) is 0 Å². The van der Waals surface area contributed by atoms with Gasteiger partial charge in [-0.15, -0.1) is 0 Å². The first-order chi connectivity index (χ1) is 5.76. The molecule has 0 bridgehead atoms. The molecule has 2 nitrogen and oxygen atoms in total. The second kappa shape index (κ2) is 6.16. The predicted octanol–water partition coefficient (Wildman–Crippen LogP) is 2.39. The molecule has 0 unspecified atom stereocenters. The Morgan fingerprint density at radius 2 is 2.00 bits per heavy atom. The highest BCUT2D eigenvalue weighted by molar-refractivity contribution is 5.98. The smallest absolute Gasteiger partial charge is 0.0606 e. The minimum absolute atomic E-state index is 0.852. The Bertz CT molecular complexity index is 234. The Balaban J connectivity index is 4.60. The van der Waals surface area contributed by atoms with Gasteiger partial charge >= 0.3 is 0 Å². The summed E-state index contributed by atoms with van der Waals surface area (Å²) in [6, 6.07) is 0. The van der Waals surface area contributed by atoms with Crippen LogP contribution in [0.1, 0.15) is 6.92 Å². The van der Waals surface area contributed by atoms with E-state index in [4.69, 9.17) is 0 Å². The van der Waals surface area contributed by atoms with Crippen LogP contribution in [0.15, 0.2) is 55.0 Å². The zero-order chi connectivity index (χ0) is 9.40. The van der Waals surface area contributed by atoms with Gasteiger partial charge < -0.3 is 5.32 Å². The molecule has 0 aromatic rings. The van der Waals surface area contributed by atoms with Gasteiger partial charge in [0.15, 0.2) is 0 Å². The standard InChI is InChI=1S/C10H14N2/c1-5-8-10(12-7-3)9(4)11-6-2/h5-8,12H,1-3H2,4H3/b10-8+,11-9?. The summed E-state index contributed by atoms with van der Waals surface area (Å²) in [6.07, 6.45) is 6.60. The van der Waals surface area contributed by atoms with Crippen LogP contribution in [0, 0.1) is 0 Å². The normalized spacial score (nSPS) is 12.1. The van der Waals surface area contributed by atoms with Crippen molar-refractivity contribution in [1.29, 1.82) is 0 Å². The number of aliphatic imine (C=N–C) groups is 1. The lowest BCUT2D eigenvalue weighted by Crippen LogP contribution is -2.11. The molecule has 0 heterocycles. The van der Waals surface area contributed by atoms with Gasteiger partial charge in [0.05, 0.1) is 11.4 Å². The Morgan fingerprint density at radius 1 is 1.33 bits per heavy atom. The van der Waals surface area contributed by atoms with Crippen LogP contribution < -0.4 is 5.32 Å². The average Bonchev–Trinajstić information content (AvgIpc) is 2.04. The van der Waals surface area contributed by atoms with Crippen molar-refractivity contribution >= 4 is 5.71 Å². The number of hydrogen-bond donors (Lipinski definition) is 1. The average molecular weight is 162 g/mol. The van der Waals surface area contributed by atoms with E-state index < -0.39 is 0 Å². The first-order valence-corrected chi connectivity index (χ1v) is 3.62. The maximum absolute atomic E-state index is 4.02. The van der Waals surface area contributed by atoms with E-state index in [9.17, 15) is 0 Å². The minimum atomic E-state index is 0.852. The van der Waals surface area contributed by atoms with Crippen LogP contribution in [-0.4, -0.2) is 5.71 Å². The molecule has 2 heteroatoms. The fourth-order valence-electron chi connectivity index (χ4n) is 0.707. The van der Waals surface area contributed by atoms with E-state index in [1.54, 1.807) is 12.3 Å². The number of hydrogen-bond acceptors (Lipinski definition) is 2. The van der Waals surface area contributed by atoms with Crippen molar-refractivity contribution in [3.8, 4) is 0 Å². The maximum Gasteiger partial charge on any atom is 0.0606 e. The number of allylic oxidation sites excluding steroid dienone is 3. The molecule has 0 fully saturated rings. The predicted molar refractivity (Wildman–Crippen MR) is 54.9 cm³/mol. The first-order valence-electron chi connectivity index (χ1n) is 3.62. The van der Waals surface area contributed by atoms with Crippen LogP contribution in [0.25, 0.3) is 0 Å². The van der Waals surface area contributed by atoms with Crippen LogP contribution in [0.3, 0.4) is 0 Å². The Hall–Kier alpha value is -1.57. The highest BCUT2D eigenvalue weighted by atomic mass is 14.9. The molecule has 0 aliphatic heterocycles. The summed E-state index contributed by atoms with van der Waals surface area (Å²) in [6.45, 7) is 12.5. The summed E-state index contributed by atoms with van der Waals surface area (Å²) < 4.78 is 0. The third kappa shape index (κ3) is 3.56. The summed E-state index contributed by atoms with van der Waals surface area (Å²) in [5.41, 5.74) is 1.73. The van der Waals surface area contributed by atoms with E-state index in [1.165, 1.54) is 6.20 Å². The third-order valence-corrected chi connectivity index (χ3v) is 1.22. The highest BCUT2D eigenvalue weighted by Gasteiger charge is 1.95. The molecule has 0 aliphatic carbocycles. The number of rotatable bonds is 5. The lowest BCUT2D eigenvalue weighted by atomic mass is 10.3. The van der Waals surface area contributed by atoms with Gasteiger partial charge in [0.25, 0.3) is 0 Å². The zero-order valence-electron chi connectivity index (χ0n) is 7.38. The fourth-order valence-corrected chi connectivity index (χ4v) is 0.707. The van der Waals surface area contributed by atoms with Crippen molar-refractivity contribution in [2.45, 2.75) is 6.92 Å². The number of nitrogens with zero attached hydrogens (tertiary/aromatic N) is 1. The third-order valence-electron chi connectivity index (χ3n) is 1.22. The van der Waals surface area contributed by atoms with E-state index in [0.29, 0.717) is 0 Å². The van der Waals surface area contributed by atoms with Gasteiger partial charge in [-0.3, -0.25) is 4.99 Å². The largest absolute Gasteiger partial charge is 0.361 e.